The van der Waals surface area contributed by atoms with Crippen molar-refractivity contribution in [1.29, 1.82) is 0 Å². The highest BCUT2D eigenvalue weighted by atomic mass is 35.5. The number of amides is 2. The molecule has 2 amide bonds. The third-order valence-electron chi connectivity index (χ3n) is 2.43. The molecule has 116 valence electrons. The van der Waals surface area contributed by atoms with Crippen LogP contribution in [0.2, 0.25) is 5.02 Å². The van der Waals surface area contributed by atoms with Crippen LogP contribution < -0.4 is 10.6 Å². The summed E-state index contributed by atoms with van der Waals surface area (Å²) in [6.07, 6.45) is -5.60. The van der Waals surface area contributed by atoms with Crippen molar-refractivity contribution in [2.24, 2.45) is 0 Å². The van der Waals surface area contributed by atoms with E-state index in [1.807, 2.05) is 5.32 Å². The van der Waals surface area contributed by atoms with Crippen LogP contribution in [0.25, 0.3) is 0 Å². The summed E-state index contributed by atoms with van der Waals surface area (Å²) in [5, 5.41) is 13.2. The van der Waals surface area contributed by atoms with Gasteiger partial charge in [-0.05, 0) is 6.07 Å². The molecule has 9 heteroatoms. The number of carboxylic acids is 1. The first-order valence-corrected chi connectivity index (χ1v) is 6.17. The summed E-state index contributed by atoms with van der Waals surface area (Å²) in [6.45, 7) is -0.649. The summed E-state index contributed by atoms with van der Waals surface area (Å²) in [6, 6.07) is 3.47. The lowest BCUT2D eigenvalue weighted by Crippen LogP contribution is -2.42. The van der Waals surface area contributed by atoms with Crippen LogP contribution >= 0.6 is 11.6 Å². The smallest absolute Gasteiger partial charge is 0.390 e. The number of halogens is 4. The number of benzene rings is 1. The van der Waals surface area contributed by atoms with Gasteiger partial charge in [-0.3, -0.25) is 0 Å². The van der Waals surface area contributed by atoms with Gasteiger partial charge in [0.05, 0.1) is 6.42 Å². The maximum atomic E-state index is 11.9. The second-order valence-electron chi connectivity index (χ2n) is 4.06. The van der Waals surface area contributed by atoms with Gasteiger partial charge in [-0.2, -0.15) is 13.2 Å². The minimum absolute atomic E-state index is 0.125. The minimum atomic E-state index is -4.40. The van der Waals surface area contributed by atoms with E-state index in [0.29, 0.717) is 0 Å². The molecule has 0 fully saturated rings. The third kappa shape index (κ3) is 5.90. The predicted molar refractivity (Wildman–Crippen MR) is 69.0 cm³/mol. The van der Waals surface area contributed by atoms with E-state index in [1.54, 1.807) is 6.07 Å². The molecule has 0 radical (unpaired) electrons. The lowest BCUT2D eigenvalue weighted by molar-refractivity contribution is -0.139. The van der Waals surface area contributed by atoms with Gasteiger partial charge in [0, 0.05) is 17.1 Å². The number of hydrogen-bond donors (Lipinski definition) is 3. The van der Waals surface area contributed by atoms with Crippen molar-refractivity contribution >= 4 is 23.6 Å². The number of nitrogens with one attached hydrogen (secondary N) is 2. The molecule has 0 saturated heterocycles. The van der Waals surface area contributed by atoms with Gasteiger partial charge < -0.3 is 15.7 Å². The Morgan fingerprint density at radius 2 is 1.90 bits per heavy atom. The molecule has 0 spiro atoms. The highest BCUT2D eigenvalue weighted by Crippen LogP contribution is 2.23. The first-order valence-electron chi connectivity index (χ1n) is 5.79. The Bertz CT molecular complexity index is 523. The molecular formula is C12H12ClF3N2O3. The van der Waals surface area contributed by atoms with Crippen molar-refractivity contribution < 1.29 is 27.9 Å². The summed E-state index contributed by atoms with van der Waals surface area (Å²) in [5.41, 5.74) is 0.137. The fourth-order valence-electron chi connectivity index (χ4n) is 1.48. The van der Waals surface area contributed by atoms with Crippen LogP contribution in [-0.4, -0.2) is 29.8 Å². The van der Waals surface area contributed by atoms with E-state index in [9.17, 15) is 22.8 Å². The maximum Gasteiger partial charge on any atom is 0.390 e. The van der Waals surface area contributed by atoms with Crippen molar-refractivity contribution in [2.75, 3.05) is 6.54 Å². The molecule has 3 N–H and O–H groups in total. The van der Waals surface area contributed by atoms with Crippen LogP contribution in [0.15, 0.2) is 24.3 Å². The fourth-order valence-corrected chi connectivity index (χ4v) is 1.73. The van der Waals surface area contributed by atoms with Gasteiger partial charge in [0.2, 0.25) is 0 Å². The van der Waals surface area contributed by atoms with E-state index in [4.69, 9.17) is 16.7 Å². The molecule has 1 rings (SSSR count). The zero-order valence-corrected chi connectivity index (χ0v) is 11.3. The van der Waals surface area contributed by atoms with E-state index >= 15 is 0 Å². The Kier molecular flexibility index (Phi) is 5.83. The lowest BCUT2D eigenvalue weighted by atomic mass is 10.1. The summed E-state index contributed by atoms with van der Waals surface area (Å²) in [4.78, 5) is 22.6. The maximum absolute atomic E-state index is 11.9. The van der Waals surface area contributed by atoms with E-state index in [-0.39, 0.29) is 10.6 Å². The minimum Gasteiger partial charge on any atom is -0.479 e. The van der Waals surface area contributed by atoms with Crippen LogP contribution in [0.4, 0.5) is 18.0 Å². The molecule has 1 aromatic rings. The molecule has 0 bridgehead atoms. The Labute approximate surface area is 123 Å². The van der Waals surface area contributed by atoms with Crippen LogP contribution in [0, 0.1) is 0 Å². The summed E-state index contributed by atoms with van der Waals surface area (Å²) >= 11 is 5.83. The van der Waals surface area contributed by atoms with Crippen LogP contribution in [0.5, 0.6) is 0 Å². The number of carbonyl (C=O) groups is 2. The monoisotopic (exact) mass is 324 g/mol. The van der Waals surface area contributed by atoms with Crippen LogP contribution in [-0.2, 0) is 4.79 Å². The molecule has 0 aliphatic carbocycles. The number of carboxylic acid groups (broad SMARTS) is 1. The highest BCUT2D eigenvalue weighted by Gasteiger charge is 2.28. The molecule has 0 aliphatic heterocycles. The molecular weight excluding hydrogens is 313 g/mol. The average molecular weight is 325 g/mol. The lowest BCUT2D eigenvalue weighted by Gasteiger charge is -2.17. The number of alkyl halides is 3. The zero-order chi connectivity index (χ0) is 16.0. The van der Waals surface area contributed by atoms with Gasteiger partial charge in [0.1, 0.15) is 0 Å². The van der Waals surface area contributed by atoms with Gasteiger partial charge in [-0.1, -0.05) is 29.8 Å². The number of rotatable bonds is 5. The summed E-state index contributed by atoms with van der Waals surface area (Å²) < 4.78 is 35.8. The second-order valence-corrected chi connectivity index (χ2v) is 4.47. The molecule has 1 atom stereocenters. The molecule has 0 unspecified atom stereocenters. The van der Waals surface area contributed by atoms with Gasteiger partial charge in [0.15, 0.2) is 6.04 Å². The van der Waals surface area contributed by atoms with Crippen LogP contribution in [0.1, 0.15) is 18.0 Å². The average Bonchev–Trinajstić information content (AvgIpc) is 2.35. The van der Waals surface area contributed by atoms with Gasteiger partial charge in [-0.25, -0.2) is 9.59 Å². The summed E-state index contributed by atoms with van der Waals surface area (Å²) in [7, 11) is 0. The first kappa shape index (κ1) is 17.1. The molecule has 0 heterocycles. The first-order chi connectivity index (χ1) is 9.70. The van der Waals surface area contributed by atoms with Crippen molar-refractivity contribution in [1.82, 2.24) is 10.6 Å². The molecule has 0 aromatic heterocycles. The topological polar surface area (TPSA) is 78.4 Å². The number of hydrogen-bond acceptors (Lipinski definition) is 2. The number of carbonyl (C=O) groups excluding carboxylic acids is 1. The SMILES string of the molecule is O=C(NCCC(F)(F)F)N[C@@H](C(=O)O)c1ccccc1Cl. The highest BCUT2D eigenvalue weighted by molar-refractivity contribution is 6.31. The van der Waals surface area contributed by atoms with E-state index < -0.39 is 37.2 Å². The van der Waals surface area contributed by atoms with E-state index in [0.717, 1.165) is 0 Å². The predicted octanol–water partition coefficient (Wildman–Crippen LogP) is 2.72. The van der Waals surface area contributed by atoms with Crippen molar-refractivity contribution in [2.45, 2.75) is 18.6 Å². The quantitative estimate of drug-likeness (QED) is 0.779. The largest absolute Gasteiger partial charge is 0.479 e. The van der Waals surface area contributed by atoms with E-state index in [1.165, 1.54) is 18.2 Å². The molecule has 1 aromatic carbocycles. The van der Waals surface area contributed by atoms with Crippen molar-refractivity contribution in [3.05, 3.63) is 34.9 Å². The zero-order valence-electron chi connectivity index (χ0n) is 10.6. The standard InChI is InChI=1S/C12H12ClF3N2O3/c13-8-4-2-1-3-7(8)9(10(19)20)18-11(21)17-6-5-12(14,15)16/h1-4,9H,5-6H2,(H,19,20)(H2,17,18,21)/t9-/m1/s1. The Morgan fingerprint density at radius 1 is 1.29 bits per heavy atom. The third-order valence-corrected chi connectivity index (χ3v) is 2.78. The van der Waals surface area contributed by atoms with Gasteiger partial charge in [-0.15, -0.1) is 0 Å². The Morgan fingerprint density at radius 3 is 2.43 bits per heavy atom. The van der Waals surface area contributed by atoms with Gasteiger partial charge in [0.25, 0.3) is 0 Å². The van der Waals surface area contributed by atoms with Crippen molar-refractivity contribution in [3.8, 4) is 0 Å². The molecule has 5 nitrogen and oxygen atoms in total. The van der Waals surface area contributed by atoms with Crippen LogP contribution in [0.3, 0.4) is 0 Å². The fraction of sp³-hybridized carbons (Fsp3) is 0.333. The normalized spacial score (nSPS) is 12.6. The summed E-state index contributed by atoms with van der Waals surface area (Å²) in [5.74, 6) is -1.38. The molecule has 21 heavy (non-hydrogen) atoms. The number of aliphatic carboxylic acids is 1. The van der Waals surface area contributed by atoms with Gasteiger partial charge >= 0.3 is 18.2 Å². The molecule has 0 aliphatic rings. The van der Waals surface area contributed by atoms with Crippen molar-refractivity contribution in [3.63, 3.8) is 0 Å². The second kappa shape index (κ2) is 7.16. The Balaban J connectivity index is 2.66. The number of urea groups is 1. The van der Waals surface area contributed by atoms with E-state index in [2.05, 4.69) is 5.32 Å². The molecule has 0 saturated carbocycles. The Hall–Kier alpha value is -1.96.